The molecule has 1 N–H and O–H groups in total. The van der Waals surface area contributed by atoms with E-state index in [1.807, 2.05) is 12.2 Å². The Morgan fingerprint density at radius 3 is 2.53 bits per heavy atom. The van der Waals surface area contributed by atoms with Crippen LogP contribution in [0.3, 0.4) is 0 Å². The number of halogens is 1. The van der Waals surface area contributed by atoms with Gasteiger partial charge in [0.2, 0.25) is 0 Å². The fourth-order valence-electron chi connectivity index (χ4n) is 4.83. The topological polar surface area (TPSA) is 96.3 Å². The maximum atomic E-state index is 12.8. The average molecular weight is 495 g/mol. The number of carboxylic acid groups (broad SMARTS) is 1. The normalized spacial score (nSPS) is 25.7. The van der Waals surface area contributed by atoms with Gasteiger partial charge < -0.3 is 9.84 Å². The molecule has 0 radical (unpaired) electrons. The van der Waals surface area contributed by atoms with Crippen LogP contribution in [0.2, 0.25) is 0 Å². The van der Waals surface area contributed by atoms with Crippen LogP contribution in [-0.2, 0) is 16.2 Å². The van der Waals surface area contributed by atoms with Crippen LogP contribution in [0.5, 0.6) is 5.75 Å². The molecule has 1 heterocycles. The molecular weight excluding hydrogens is 476 g/mol. The number of ether oxygens (including phenoxy) is 1. The summed E-state index contributed by atoms with van der Waals surface area (Å²) in [5.74, 6) is -1.31. The van der Waals surface area contributed by atoms with Gasteiger partial charge in [0.05, 0.1) is 23.6 Å². The largest absolute Gasteiger partial charge is 0.488 e. The Kier molecular flexibility index (Phi) is 5.17. The van der Waals surface area contributed by atoms with E-state index < -0.39 is 5.97 Å². The van der Waals surface area contributed by atoms with Crippen molar-refractivity contribution in [2.45, 2.75) is 13.0 Å². The molecule has 0 aromatic heterocycles. The number of allylic oxidation sites excluding steroid dienone is 2. The van der Waals surface area contributed by atoms with Crippen LogP contribution < -0.4 is 4.74 Å². The highest BCUT2D eigenvalue weighted by atomic mass is 79.9. The van der Waals surface area contributed by atoms with Gasteiger partial charge in [0.1, 0.15) is 12.4 Å². The maximum Gasteiger partial charge on any atom is 0.335 e. The quantitative estimate of drug-likeness (QED) is 0.373. The molecule has 7 nitrogen and oxygen atoms in total. The van der Waals surface area contributed by atoms with Crippen LogP contribution in [0.15, 0.2) is 64.2 Å². The summed E-state index contributed by atoms with van der Waals surface area (Å²) in [7, 11) is 0. The zero-order valence-corrected chi connectivity index (χ0v) is 18.4. The lowest BCUT2D eigenvalue weighted by Crippen LogP contribution is -2.28. The predicted molar refractivity (Wildman–Crippen MR) is 119 cm³/mol. The fourth-order valence-corrected chi connectivity index (χ4v) is 5.21. The smallest absolute Gasteiger partial charge is 0.335 e. The number of hydrogen-bond donors (Lipinski definition) is 1. The zero-order valence-electron chi connectivity index (χ0n) is 16.8. The molecule has 2 fully saturated rings. The first-order valence-electron chi connectivity index (χ1n) is 10.3. The van der Waals surface area contributed by atoms with Gasteiger partial charge in [-0.05, 0) is 54.2 Å². The summed E-state index contributed by atoms with van der Waals surface area (Å²) < 4.78 is 6.69. The number of rotatable bonds is 6. The van der Waals surface area contributed by atoms with Crippen molar-refractivity contribution in [3.05, 3.63) is 75.8 Å². The number of hydrazone groups is 1. The number of benzene rings is 2. The molecule has 2 aromatic carbocycles. The van der Waals surface area contributed by atoms with Crippen molar-refractivity contribution in [1.82, 2.24) is 5.01 Å². The van der Waals surface area contributed by atoms with Gasteiger partial charge in [-0.25, -0.2) is 4.79 Å². The highest BCUT2D eigenvalue weighted by molar-refractivity contribution is 9.10. The molecule has 5 rings (SSSR count). The zero-order chi connectivity index (χ0) is 22.4. The van der Waals surface area contributed by atoms with E-state index in [0.717, 1.165) is 15.9 Å². The van der Waals surface area contributed by atoms with Crippen molar-refractivity contribution in [2.75, 3.05) is 0 Å². The van der Waals surface area contributed by atoms with E-state index in [9.17, 15) is 14.4 Å². The van der Waals surface area contributed by atoms with Crippen molar-refractivity contribution in [2.24, 2.45) is 28.8 Å². The Morgan fingerprint density at radius 2 is 1.84 bits per heavy atom. The van der Waals surface area contributed by atoms with E-state index in [2.05, 4.69) is 21.0 Å². The lowest BCUT2D eigenvalue weighted by atomic mass is 9.85. The molecule has 1 saturated heterocycles. The summed E-state index contributed by atoms with van der Waals surface area (Å²) >= 11 is 3.42. The van der Waals surface area contributed by atoms with Crippen molar-refractivity contribution >= 4 is 39.9 Å². The number of carbonyl (C=O) groups excluding carboxylic acids is 2. The molecule has 4 unspecified atom stereocenters. The number of nitrogens with zero attached hydrogens (tertiary/aromatic N) is 2. The maximum absolute atomic E-state index is 12.8. The van der Waals surface area contributed by atoms with Gasteiger partial charge in [0.15, 0.2) is 0 Å². The second-order valence-corrected chi connectivity index (χ2v) is 9.12. The number of hydrogen-bond acceptors (Lipinski definition) is 5. The van der Waals surface area contributed by atoms with Crippen molar-refractivity contribution in [3.8, 4) is 5.75 Å². The molecule has 2 aliphatic carbocycles. The minimum Gasteiger partial charge on any atom is -0.488 e. The third-order valence-corrected chi connectivity index (χ3v) is 6.79. The molecule has 4 atom stereocenters. The van der Waals surface area contributed by atoms with Gasteiger partial charge in [0, 0.05) is 10.0 Å². The van der Waals surface area contributed by atoms with Gasteiger partial charge in [0.25, 0.3) is 11.8 Å². The van der Waals surface area contributed by atoms with E-state index >= 15 is 0 Å². The molecule has 2 bridgehead atoms. The summed E-state index contributed by atoms with van der Waals surface area (Å²) in [6.07, 6.45) is 6.42. The molecular formula is C24H19BrN2O5. The number of fused-ring (bicyclic) bond motifs is 5. The highest BCUT2D eigenvalue weighted by Gasteiger charge is 2.59. The predicted octanol–water partition coefficient (Wildman–Crippen LogP) is 3.87. The van der Waals surface area contributed by atoms with Gasteiger partial charge in [-0.1, -0.05) is 40.2 Å². The molecule has 0 spiro atoms. The number of aromatic carboxylic acids is 1. The molecule has 8 heteroatoms. The van der Waals surface area contributed by atoms with Crippen LogP contribution in [0.4, 0.5) is 0 Å². The average Bonchev–Trinajstić information content (AvgIpc) is 3.46. The Balaban J connectivity index is 1.34. The first-order chi connectivity index (χ1) is 15.4. The molecule has 162 valence electrons. The van der Waals surface area contributed by atoms with Crippen molar-refractivity contribution < 1.29 is 24.2 Å². The van der Waals surface area contributed by atoms with E-state index in [1.165, 1.54) is 12.3 Å². The van der Waals surface area contributed by atoms with E-state index in [1.54, 1.807) is 36.4 Å². The Bertz CT molecular complexity index is 1160. The Hall–Kier alpha value is -3.26. The first kappa shape index (κ1) is 20.6. The highest BCUT2D eigenvalue weighted by Crippen LogP contribution is 2.52. The minimum absolute atomic E-state index is 0.132. The minimum atomic E-state index is -1.00. The molecule has 32 heavy (non-hydrogen) atoms. The lowest BCUT2D eigenvalue weighted by Gasteiger charge is -2.13. The van der Waals surface area contributed by atoms with E-state index in [-0.39, 0.29) is 47.7 Å². The Labute approximate surface area is 192 Å². The third-order valence-electron chi connectivity index (χ3n) is 6.30. The van der Waals surface area contributed by atoms with Gasteiger partial charge >= 0.3 is 5.97 Å². The van der Waals surface area contributed by atoms with Crippen LogP contribution in [-0.4, -0.2) is 34.1 Å². The standard InChI is InChI=1S/C24H19BrN2O5/c25-18-6-7-19(32-12-13-2-1-3-16(8-13)24(30)31)17(10-18)11-26-27-22(28)20-14-4-5-15(9-14)21(20)23(27)29/h1-8,10-11,14-15,20-21H,9,12H2,(H,30,31). The molecule has 2 aromatic rings. The summed E-state index contributed by atoms with van der Waals surface area (Å²) in [5.41, 5.74) is 1.48. The van der Waals surface area contributed by atoms with Gasteiger partial charge in [-0.15, -0.1) is 0 Å². The SMILES string of the molecule is O=C(O)c1cccc(COc2ccc(Br)cc2C=NN2C(=O)C3C4C=CC(C4)C3C2=O)c1. The summed E-state index contributed by atoms with van der Waals surface area (Å²) in [4.78, 5) is 36.8. The fraction of sp³-hybridized carbons (Fsp3) is 0.250. The number of amides is 2. The monoisotopic (exact) mass is 494 g/mol. The third kappa shape index (κ3) is 3.54. The second-order valence-electron chi connectivity index (χ2n) is 8.21. The second kappa shape index (κ2) is 8.02. The Morgan fingerprint density at radius 1 is 1.12 bits per heavy atom. The van der Waals surface area contributed by atoms with Crippen LogP contribution in [0, 0.1) is 23.7 Å². The van der Waals surface area contributed by atoms with Crippen LogP contribution >= 0.6 is 15.9 Å². The summed E-state index contributed by atoms with van der Waals surface area (Å²) in [5, 5.41) is 14.4. The molecule has 2 amide bonds. The lowest BCUT2D eigenvalue weighted by molar-refractivity contribution is -0.140. The number of carboxylic acids is 1. The van der Waals surface area contributed by atoms with Crippen molar-refractivity contribution in [1.29, 1.82) is 0 Å². The molecule has 1 aliphatic heterocycles. The van der Waals surface area contributed by atoms with E-state index in [4.69, 9.17) is 9.84 Å². The summed E-state index contributed by atoms with van der Waals surface area (Å²) in [6, 6.07) is 11.8. The van der Waals surface area contributed by atoms with Crippen molar-refractivity contribution in [3.63, 3.8) is 0 Å². The van der Waals surface area contributed by atoms with Gasteiger partial charge in [-0.3, -0.25) is 9.59 Å². The first-order valence-corrected chi connectivity index (χ1v) is 11.1. The molecule has 1 saturated carbocycles. The van der Waals surface area contributed by atoms with Gasteiger partial charge in [-0.2, -0.15) is 10.1 Å². The number of imide groups is 1. The van der Waals surface area contributed by atoms with Crippen LogP contribution in [0.25, 0.3) is 0 Å². The summed E-state index contributed by atoms with van der Waals surface area (Å²) in [6.45, 7) is 0.157. The number of carbonyl (C=O) groups is 3. The molecule has 3 aliphatic rings. The van der Waals surface area contributed by atoms with Crippen LogP contribution in [0.1, 0.15) is 27.9 Å². The van der Waals surface area contributed by atoms with E-state index in [0.29, 0.717) is 16.9 Å².